The molecule has 2 rings (SSSR count). The second-order valence-electron chi connectivity index (χ2n) is 5.34. The fourth-order valence-corrected chi connectivity index (χ4v) is 2.70. The van der Waals surface area contributed by atoms with Gasteiger partial charge in [0.05, 0.1) is 13.2 Å². The minimum absolute atomic E-state index is 0.0165. The van der Waals surface area contributed by atoms with Crippen molar-refractivity contribution >= 4 is 0 Å². The van der Waals surface area contributed by atoms with Crippen molar-refractivity contribution in [3.8, 4) is 0 Å². The number of fused-ring (bicyclic) bond motifs is 1. The molecule has 0 aromatic carbocycles. The van der Waals surface area contributed by atoms with Crippen molar-refractivity contribution < 1.29 is 19.3 Å². The van der Waals surface area contributed by atoms with Gasteiger partial charge in [-0.15, -0.1) is 0 Å². The van der Waals surface area contributed by atoms with Crippen molar-refractivity contribution in [2.75, 3.05) is 19.8 Å². The average molecular weight is 258 g/mol. The quantitative estimate of drug-likeness (QED) is 0.675. The summed E-state index contributed by atoms with van der Waals surface area (Å²) in [4.78, 5) is 0. The lowest BCUT2D eigenvalue weighted by atomic mass is 10.1. The summed E-state index contributed by atoms with van der Waals surface area (Å²) in [6.07, 6.45) is 6.94. The van der Waals surface area contributed by atoms with Crippen LogP contribution in [0.15, 0.2) is 0 Å². The molecule has 2 heterocycles. The van der Waals surface area contributed by atoms with Crippen LogP contribution in [0.3, 0.4) is 0 Å². The molecule has 0 unspecified atom stereocenters. The van der Waals surface area contributed by atoms with Gasteiger partial charge in [-0.2, -0.15) is 0 Å². The summed E-state index contributed by atoms with van der Waals surface area (Å²) in [5.41, 5.74) is 0. The zero-order valence-electron chi connectivity index (χ0n) is 11.3. The number of aliphatic hydroxyl groups is 1. The minimum Gasteiger partial charge on any atom is -0.388 e. The molecule has 1 N–H and O–H groups in total. The first kappa shape index (κ1) is 14.3. The second kappa shape index (κ2) is 7.43. The molecule has 2 aliphatic heterocycles. The van der Waals surface area contributed by atoms with Gasteiger partial charge in [0.1, 0.15) is 24.4 Å². The first-order valence-corrected chi connectivity index (χ1v) is 7.35. The fraction of sp³-hybridized carbons (Fsp3) is 1.00. The lowest BCUT2D eigenvalue weighted by Crippen LogP contribution is -2.33. The van der Waals surface area contributed by atoms with Crippen LogP contribution in [-0.2, 0) is 14.2 Å². The Bertz CT molecular complexity index is 234. The Morgan fingerprint density at radius 1 is 1.00 bits per heavy atom. The van der Waals surface area contributed by atoms with Crippen molar-refractivity contribution in [2.24, 2.45) is 0 Å². The lowest BCUT2D eigenvalue weighted by molar-refractivity contribution is -0.0378. The summed E-state index contributed by atoms with van der Waals surface area (Å²) in [5, 5.41) is 9.60. The van der Waals surface area contributed by atoms with Crippen LogP contribution in [0, 0.1) is 0 Å². The van der Waals surface area contributed by atoms with Gasteiger partial charge >= 0.3 is 0 Å². The third kappa shape index (κ3) is 3.67. The molecule has 4 atom stereocenters. The van der Waals surface area contributed by atoms with Crippen molar-refractivity contribution in [3.63, 3.8) is 0 Å². The van der Waals surface area contributed by atoms with E-state index >= 15 is 0 Å². The van der Waals surface area contributed by atoms with Gasteiger partial charge in [-0.05, 0) is 6.42 Å². The third-order valence-electron chi connectivity index (χ3n) is 3.81. The molecule has 2 aliphatic rings. The molecular weight excluding hydrogens is 232 g/mol. The first-order valence-electron chi connectivity index (χ1n) is 7.35. The highest BCUT2D eigenvalue weighted by Crippen LogP contribution is 2.28. The topological polar surface area (TPSA) is 47.9 Å². The molecule has 0 bridgehead atoms. The van der Waals surface area contributed by atoms with Gasteiger partial charge in [-0.3, -0.25) is 0 Å². The third-order valence-corrected chi connectivity index (χ3v) is 3.81. The van der Waals surface area contributed by atoms with E-state index in [0.29, 0.717) is 13.2 Å². The Balaban J connectivity index is 1.52. The molecule has 0 aliphatic carbocycles. The molecule has 2 fully saturated rings. The Labute approximate surface area is 110 Å². The normalized spacial score (nSPS) is 35.0. The van der Waals surface area contributed by atoms with Gasteiger partial charge in [0.25, 0.3) is 0 Å². The predicted molar refractivity (Wildman–Crippen MR) is 68.6 cm³/mol. The van der Waals surface area contributed by atoms with E-state index in [0.717, 1.165) is 13.0 Å². The molecule has 18 heavy (non-hydrogen) atoms. The van der Waals surface area contributed by atoms with Crippen molar-refractivity contribution in [2.45, 2.75) is 69.9 Å². The summed E-state index contributed by atoms with van der Waals surface area (Å²) >= 11 is 0. The SMILES string of the molecule is CCCCCCCCO[C@@H]1CO[C@H]2[C@@H]1OC[C@H]2O. The van der Waals surface area contributed by atoms with Crippen molar-refractivity contribution in [3.05, 3.63) is 0 Å². The highest BCUT2D eigenvalue weighted by Gasteiger charge is 2.47. The number of rotatable bonds is 8. The summed E-state index contributed by atoms with van der Waals surface area (Å²) in [5.74, 6) is 0. The number of aliphatic hydroxyl groups excluding tert-OH is 1. The van der Waals surface area contributed by atoms with E-state index in [-0.39, 0.29) is 18.3 Å². The van der Waals surface area contributed by atoms with Crippen LogP contribution < -0.4 is 0 Å². The highest BCUT2D eigenvalue weighted by molar-refractivity contribution is 4.94. The van der Waals surface area contributed by atoms with E-state index in [1.807, 2.05) is 0 Å². The molecule has 0 spiro atoms. The van der Waals surface area contributed by atoms with E-state index < -0.39 is 6.10 Å². The number of hydrogen-bond donors (Lipinski definition) is 1. The van der Waals surface area contributed by atoms with Crippen LogP contribution in [0.4, 0.5) is 0 Å². The molecule has 4 heteroatoms. The minimum atomic E-state index is -0.474. The van der Waals surface area contributed by atoms with Crippen molar-refractivity contribution in [1.29, 1.82) is 0 Å². The average Bonchev–Trinajstić information content (AvgIpc) is 2.93. The summed E-state index contributed by atoms with van der Waals surface area (Å²) < 4.78 is 16.8. The molecule has 0 aromatic rings. The van der Waals surface area contributed by atoms with Gasteiger partial charge in [-0.1, -0.05) is 39.0 Å². The van der Waals surface area contributed by atoms with Gasteiger partial charge in [0, 0.05) is 6.61 Å². The number of ether oxygens (including phenoxy) is 3. The maximum absolute atomic E-state index is 9.60. The van der Waals surface area contributed by atoms with Crippen LogP contribution in [0.2, 0.25) is 0 Å². The smallest absolute Gasteiger partial charge is 0.115 e. The zero-order valence-corrected chi connectivity index (χ0v) is 11.3. The Morgan fingerprint density at radius 3 is 2.56 bits per heavy atom. The molecule has 2 saturated heterocycles. The second-order valence-corrected chi connectivity index (χ2v) is 5.34. The Morgan fingerprint density at radius 2 is 1.72 bits per heavy atom. The first-order chi connectivity index (χ1) is 8.83. The highest BCUT2D eigenvalue weighted by atomic mass is 16.6. The van der Waals surface area contributed by atoms with Crippen LogP contribution in [-0.4, -0.2) is 49.3 Å². The fourth-order valence-electron chi connectivity index (χ4n) is 2.70. The maximum atomic E-state index is 9.60. The van der Waals surface area contributed by atoms with E-state index in [2.05, 4.69) is 6.92 Å². The zero-order chi connectivity index (χ0) is 12.8. The van der Waals surface area contributed by atoms with E-state index in [1.165, 1.54) is 32.1 Å². The summed E-state index contributed by atoms with van der Waals surface area (Å²) in [7, 11) is 0. The summed E-state index contributed by atoms with van der Waals surface area (Å²) in [6.45, 7) is 3.95. The van der Waals surface area contributed by atoms with Gasteiger partial charge in [0.2, 0.25) is 0 Å². The van der Waals surface area contributed by atoms with Crippen LogP contribution >= 0.6 is 0 Å². The molecular formula is C14H26O4. The van der Waals surface area contributed by atoms with Crippen LogP contribution in [0.5, 0.6) is 0 Å². The molecule has 4 nitrogen and oxygen atoms in total. The van der Waals surface area contributed by atoms with E-state index in [9.17, 15) is 5.11 Å². The monoisotopic (exact) mass is 258 g/mol. The molecule has 106 valence electrons. The van der Waals surface area contributed by atoms with Gasteiger partial charge < -0.3 is 19.3 Å². The molecule has 0 saturated carbocycles. The molecule has 0 radical (unpaired) electrons. The standard InChI is InChI=1S/C14H26O4/c1-2-3-4-5-6-7-8-16-12-10-18-13-11(15)9-17-14(12)13/h11-15H,2-10H2,1H3/t11-,12-,13-,14-/m1/s1. The number of unbranched alkanes of at least 4 members (excludes halogenated alkanes) is 5. The maximum Gasteiger partial charge on any atom is 0.115 e. The van der Waals surface area contributed by atoms with Gasteiger partial charge in [-0.25, -0.2) is 0 Å². The number of hydrogen-bond acceptors (Lipinski definition) is 4. The van der Waals surface area contributed by atoms with Crippen LogP contribution in [0.25, 0.3) is 0 Å². The molecule has 0 amide bonds. The largest absolute Gasteiger partial charge is 0.388 e. The Kier molecular flexibility index (Phi) is 5.89. The Hall–Kier alpha value is -0.160. The predicted octanol–water partition coefficient (Wildman–Crippen LogP) is 1.89. The lowest BCUT2D eigenvalue weighted by Gasteiger charge is -2.16. The van der Waals surface area contributed by atoms with E-state index in [1.54, 1.807) is 0 Å². The van der Waals surface area contributed by atoms with E-state index in [4.69, 9.17) is 14.2 Å². The molecule has 0 aromatic heterocycles. The van der Waals surface area contributed by atoms with Gasteiger partial charge in [0.15, 0.2) is 0 Å². The van der Waals surface area contributed by atoms with Crippen molar-refractivity contribution in [1.82, 2.24) is 0 Å². The summed E-state index contributed by atoms with van der Waals surface area (Å²) in [6, 6.07) is 0. The van der Waals surface area contributed by atoms with Crippen LogP contribution in [0.1, 0.15) is 45.4 Å².